The zero-order valence-corrected chi connectivity index (χ0v) is 8.29. The van der Waals surface area contributed by atoms with Gasteiger partial charge in [0, 0.05) is 6.61 Å². The molecule has 2 fully saturated rings. The number of hydrogen-bond donors (Lipinski definition) is 2. The van der Waals surface area contributed by atoms with Crippen LogP contribution in [-0.2, 0) is 9.53 Å². The summed E-state index contributed by atoms with van der Waals surface area (Å²) in [5.74, 6) is 0.0512. The van der Waals surface area contributed by atoms with Gasteiger partial charge in [-0.1, -0.05) is 0 Å². The summed E-state index contributed by atoms with van der Waals surface area (Å²) in [6.45, 7) is 1.28. The molecule has 1 heterocycles. The van der Waals surface area contributed by atoms with Gasteiger partial charge in [0.2, 0.25) is 5.91 Å². The van der Waals surface area contributed by atoms with Crippen LogP contribution < -0.4 is 5.32 Å². The van der Waals surface area contributed by atoms with Gasteiger partial charge in [0.1, 0.15) is 0 Å². The number of carbonyl (C=O) groups is 1. The highest BCUT2D eigenvalue weighted by molar-refractivity contribution is 5.80. The first-order valence-electron chi connectivity index (χ1n) is 5.26. The molecule has 1 atom stereocenters. The molecule has 4 nitrogen and oxygen atoms in total. The largest absolute Gasteiger partial charge is 0.394 e. The van der Waals surface area contributed by atoms with Crippen LogP contribution in [0.15, 0.2) is 0 Å². The maximum Gasteiger partial charge on any atom is 0.226 e. The molecule has 14 heavy (non-hydrogen) atoms. The Balaban J connectivity index is 1.86. The SMILES string of the molecule is O=C(NC1(CO)CCC1)C1CCOC1. The summed E-state index contributed by atoms with van der Waals surface area (Å²) in [6, 6.07) is 0. The van der Waals surface area contributed by atoms with E-state index in [9.17, 15) is 9.90 Å². The Morgan fingerprint density at radius 2 is 2.36 bits per heavy atom. The van der Waals surface area contributed by atoms with E-state index in [-0.39, 0.29) is 24.0 Å². The van der Waals surface area contributed by atoms with Crippen molar-refractivity contribution in [2.45, 2.75) is 31.2 Å². The van der Waals surface area contributed by atoms with Crippen molar-refractivity contribution in [1.82, 2.24) is 5.32 Å². The monoisotopic (exact) mass is 199 g/mol. The van der Waals surface area contributed by atoms with Crippen molar-refractivity contribution in [3.8, 4) is 0 Å². The lowest BCUT2D eigenvalue weighted by Crippen LogP contribution is -2.57. The van der Waals surface area contributed by atoms with Crippen LogP contribution >= 0.6 is 0 Å². The van der Waals surface area contributed by atoms with Gasteiger partial charge in [-0.05, 0) is 25.7 Å². The van der Waals surface area contributed by atoms with Gasteiger partial charge in [-0.3, -0.25) is 4.79 Å². The molecule has 0 radical (unpaired) electrons. The minimum atomic E-state index is -0.306. The molecule has 1 saturated heterocycles. The Kier molecular flexibility index (Phi) is 2.74. The van der Waals surface area contributed by atoms with Gasteiger partial charge in [-0.25, -0.2) is 0 Å². The first-order chi connectivity index (χ1) is 6.76. The molecule has 80 valence electrons. The molecule has 0 aromatic heterocycles. The molecule has 2 N–H and O–H groups in total. The van der Waals surface area contributed by atoms with E-state index < -0.39 is 0 Å². The summed E-state index contributed by atoms with van der Waals surface area (Å²) < 4.78 is 5.15. The minimum Gasteiger partial charge on any atom is -0.394 e. The Morgan fingerprint density at radius 3 is 2.79 bits per heavy atom. The van der Waals surface area contributed by atoms with Crippen molar-refractivity contribution in [3.05, 3.63) is 0 Å². The second-order valence-corrected chi connectivity index (χ2v) is 4.34. The Morgan fingerprint density at radius 1 is 1.57 bits per heavy atom. The summed E-state index contributed by atoms with van der Waals surface area (Å²) >= 11 is 0. The molecular formula is C10H17NO3. The van der Waals surface area contributed by atoms with Crippen LogP contribution in [0.3, 0.4) is 0 Å². The molecule has 1 aliphatic carbocycles. The van der Waals surface area contributed by atoms with Gasteiger partial charge in [0.15, 0.2) is 0 Å². The molecule has 2 rings (SSSR count). The van der Waals surface area contributed by atoms with E-state index in [4.69, 9.17) is 4.74 Å². The number of rotatable bonds is 3. The van der Waals surface area contributed by atoms with Crippen LogP contribution in [0.25, 0.3) is 0 Å². The van der Waals surface area contributed by atoms with Gasteiger partial charge >= 0.3 is 0 Å². The second kappa shape index (κ2) is 3.87. The number of aliphatic hydroxyl groups excluding tert-OH is 1. The first-order valence-corrected chi connectivity index (χ1v) is 5.26. The average Bonchev–Trinajstić information content (AvgIpc) is 2.63. The number of ether oxygens (including phenoxy) is 1. The quantitative estimate of drug-likeness (QED) is 0.675. The van der Waals surface area contributed by atoms with Gasteiger partial charge in [-0.15, -0.1) is 0 Å². The van der Waals surface area contributed by atoms with E-state index in [0.717, 1.165) is 25.7 Å². The Hall–Kier alpha value is -0.610. The first kappa shape index (κ1) is 9.93. The fourth-order valence-electron chi connectivity index (χ4n) is 2.03. The van der Waals surface area contributed by atoms with Crippen LogP contribution in [0.1, 0.15) is 25.7 Å². The Bertz CT molecular complexity index is 214. The molecular weight excluding hydrogens is 182 g/mol. The maximum atomic E-state index is 11.7. The lowest BCUT2D eigenvalue weighted by molar-refractivity contribution is -0.129. The van der Waals surface area contributed by atoms with Crippen molar-refractivity contribution in [1.29, 1.82) is 0 Å². The van der Waals surface area contributed by atoms with Gasteiger partial charge in [-0.2, -0.15) is 0 Å². The van der Waals surface area contributed by atoms with Crippen LogP contribution in [0.4, 0.5) is 0 Å². The van der Waals surface area contributed by atoms with Gasteiger partial charge in [0.05, 0.1) is 24.7 Å². The zero-order chi connectivity index (χ0) is 10.0. The predicted octanol–water partition coefficient (Wildman–Crippen LogP) is 0.0541. The molecule has 2 aliphatic rings. The lowest BCUT2D eigenvalue weighted by Gasteiger charge is -2.41. The van der Waals surface area contributed by atoms with E-state index in [1.54, 1.807) is 0 Å². The highest BCUT2D eigenvalue weighted by Crippen LogP contribution is 2.31. The molecule has 0 aromatic carbocycles. The molecule has 0 spiro atoms. The van der Waals surface area contributed by atoms with Crippen LogP contribution in [0.2, 0.25) is 0 Å². The van der Waals surface area contributed by atoms with Crippen LogP contribution in [0, 0.1) is 5.92 Å². The van der Waals surface area contributed by atoms with Crippen molar-refractivity contribution >= 4 is 5.91 Å². The minimum absolute atomic E-state index is 0.000903. The number of hydrogen-bond acceptors (Lipinski definition) is 3. The topological polar surface area (TPSA) is 58.6 Å². The van der Waals surface area contributed by atoms with E-state index in [2.05, 4.69) is 5.32 Å². The summed E-state index contributed by atoms with van der Waals surface area (Å²) in [7, 11) is 0. The summed E-state index contributed by atoms with van der Waals surface area (Å²) in [6.07, 6.45) is 3.72. The number of amides is 1. The molecule has 4 heteroatoms. The average molecular weight is 199 g/mol. The van der Waals surface area contributed by atoms with Crippen molar-refractivity contribution in [2.75, 3.05) is 19.8 Å². The van der Waals surface area contributed by atoms with Crippen molar-refractivity contribution in [3.63, 3.8) is 0 Å². The normalized spacial score (nSPS) is 29.6. The van der Waals surface area contributed by atoms with Gasteiger partial charge in [0.25, 0.3) is 0 Å². The zero-order valence-electron chi connectivity index (χ0n) is 8.29. The van der Waals surface area contributed by atoms with Crippen molar-refractivity contribution in [2.24, 2.45) is 5.92 Å². The highest BCUT2D eigenvalue weighted by Gasteiger charge is 2.39. The standard InChI is InChI=1S/C10H17NO3/c12-7-10(3-1-4-10)11-9(13)8-2-5-14-6-8/h8,12H,1-7H2,(H,11,13). The molecule has 0 bridgehead atoms. The predicted molar refractivity (Wildman–Crippen MR) is 50.7 cm³/mol. The van der Waals surface area contributed by atoms with Crippen LogP contribution in [0.5, 0.6) is 0 Å². The number of aliphatic hydroxyl groups is 1. The van der Waals surface area contributed by atoms with E-state index >= 15 is 0 Å². The van der Waals surface area contributed by atoms with E-state index in [1.165, 1.54) is 0 Å². The van der Waals surface area contributed by atoms with Crippen molar-refractivity contribution < 1.29 is 14.6 Å². The smallest absolute Gasteiger partial charge is 0.226 e. The lowest BCUT2D eigenvalue weighted by atomic mass is 9.77. The van der Waals surface area contributed by atoms with Crippen LogP contribution in [-0.4, -0.2) is 36.4 Å². The summed E-state index contributed by atoms with van der Waals surface area (Å²) in [5.41, 5.74) is -0.306. The fourth-order valence-corrected chi connectivity index (χ4v) is 2.03. The molecule has 0 aromatic rings. The molecule has 1 aliphatic heterocycles. The second-order valence-electron chi connectivity index (χ2n) is 4.34. The third-order valence-corrected chi connectivity index (χ3v) is 3.30. The third-order valence-electron chi connectivity index (χ3n) is 3.30. The summed E-state index contributed by atoms with van der Waals surface area (Å²) in [4.78, 5) is 11.7. The Labute approximate surface area is 83.6 Å². The molecule has 1 unspecified atom stereocenters. The summed E-state index contributed by atoms with van der Waals surface area (Å²) in [5, 5.41) is 12.1. The van der Waals surface area contributed by atoms with E-state index in [0.29, 0.717) is 13.2 Å². The molecule has 1 amide bonds. The fraction of sp³-hybridized carbons (Fsp3) is 0.900. The van der Waals surface area contributed by atoms with E-state index in [1.807, 2.05) is 0 Å². The molecule has 1 saturated carbocycles. The number of carbonyl (C=O) groups excluding carboxylic acids is 1. The maximum absolute atomic E-state index is 11.7. The highest BCUT2D eigenvalue weighted by atomic mass is 16.5. The van der Waals surface area contributed by atoms with Gasteiger partial charge < -0.3 is 15.2 Å². The third kappa shape index (κ3) is 1.77. The number of nitrogens with one attached hydrogen (secondary N) is 1.